The Balaban J connectivity index is 2.14. The number of aryl methyl sites for hydroxylation is 2. The molecule has 1 aromatic carbocycles. The maximum atomic E-state index is 13.0. The van der Waals surface area contributed by atoms with E-state index in [4.69, 9.17) is 4.52 Å². The van der Waals surface area contributed by atoms with E-state index < -0.39 is 11.7 Å². The van der Waals surface area contributed by atoms with Gasteiger partial charge in [0.25, 0.3) is 0 Å². The van der Waals surface area contributed by atoms with Crippen molar-refractivity contribution >= 4 is 5.91 Å². The number of hydrogen-bond donors (Lipinski definition) is 0. The van der Waals surface area contributed by atoms with E-state index in [1.807, 2.05) is 0 Å². The van der Waals surface area contributed by atoms with E-state index in [1.54, 1.807) is 13.8 Å². The fraction of sp³-hybridized carbons (Fsp3) is 0.375. The van der Waals surface area contributed by atoms with Gasteiger partial charge in [0.05, 0.1) is 17.7 Å². The fourth-order valence-corrected chi connectivity index (χ4v) is 2.32. The van der Waals surface area contributed by atoms with E-state index in [2.05, 4.69) is 5.16 Å². The molecule has 0 aliphatic carbocycles. The van der Waals surface area contributed by atoms with Gasteiger partial charge in [0.2, 0.25) is 5.91 Å². The van der Waals surface area contributed by atoms with Crippen LogP contribution in [0, 0.1) is 13.8 Å². The molecule has 1 heterocycles. The zero-order valence-electron chi connectivity index (χ0n) is 13.1. The summed E-state index contributed by atoms with van der Waals surface area (Å²) in [5, 5.41) is 3.76. The summed E-state index contributed by atoms with van der Waals surface area (Å²) in [6.07, 6.45) is -4.39. The Kier molecular flexibility index (Phi) is 4.77. The average molecular weight is 326 g/mol. The number of nitrogens with zero attached hydrogens (tertiary/aromatic N) is 2. The lowest BCUT2D eigenvalue weighted by Gasteiger charge is -2.20. The van der Waals surface area contributed by atoms with Crippen LogP contribution in [0.5, 0.6) is 0 Å². The molecule has 0 radical (unpaired) electrons. The molecule has 0 spiro atoms. The number of alkyl halides is 3. The van der Waals surface area contributed by atoms with Gasteiger partial charge >= 0.3 is 6.18 Å². The highest BCUT2D eigenvalue weighted by Gasteiger charge is 2.33. The van der Waals surface area contributed by atoms with Gasteiger partial charge in [0.1, 0.15) is 5.76 Å². The molecule has 0 saturated heterocycles. The van der Waals surface area contributed by atoms with Crippen LogP contribution in [0.1, 0.15) is 28.1 Å². The second-order valence-electron chi connectivity index (χ2n) is 5.38. The van der Waals surface area contributed by atoms with Crippen molar-refractivity contribution in [1.29, 1.82) is 0 Å². The van der Waals surface area contributed by atoms with Crippen LogP contribution in [0.4, 0.5) is 13.2 Å². The molecular formula is C16H17F3N2O2. The largest absolute Gasteiger partial charge is 0.416 e. The molecule has 23 heavy (non-hydrogen) atoms. The predicted molar refractivity (Wildman–Crippen MR) is 77.6 cm³/mol. The van der Waals surface area contributed by atoms with Gasteiger partial charge in [-0.15, -0.1) is 0 Å². The number of hydrogen-bond acceptors (Lipinski definition) is 3. The third-order valence-electron chi connectivity index (χ3n) is 3.67. The smallest absolute Gasteiger partial charge is 0.361 e. The van der Waals surface area contributed by atoms with Gasteiger partial charge in [-0.25, -0.2) is 0 Å². The summed E-state index contributed by atoms with van der Waals surface area (Å²) in [6, 6.07) is 5.25. The van der Waals surface area contributed by atoms with Crippen LogP contribution in [0.25, 0.3) is 0 Å². The molecule has 0 bridgehead atoms. The molecule has 0 atom stereocenters. The Morgan fingerprint density at radius 1 is 1.26 bits per heavy atom. The van der Waals surface area contributed by atoms with Gasteiger partial charge in [0, 0.05) is 19.2 Å². The van der Waals surface area contributed by atoms with Crippen LogP contribution < -0.4 is 0 Å². The lowest BCUT2D eigenvalue weighted by atomic mass is 10.1. The molecule has 1 amide bonds. The lowest BCUT2D eigenvalue weighted by molar-refractivity contribution is -0.139. The van der Waals surface area contributed by atoms with Crippen molar-refractivity contribution in [2.24, 2.45) is 0 Å². The maximum absolute atomic E-state index is 13.0. The molecule has 0 N–H and O–H groups in total. The van der Waals surface area contributed by atoms with Crippen LogP contribution in [0.15, 0.2) is 28.8 Å². The second kappa shape index (κ2) is 6.44. The minimum Gasteiger partial charge on any atom is -0.361 e. The fourth-order valence-electron chi connectivity index (χ4n) is 2.32. The summed E-state index contributed by atoms with van der Waals surface area (Å²) in [5.74, 6) is 0.247. The highest BCUT2D eigenvalue weighted by molar-refractivity contribution is 5.79. The SMILES string of the molecule is Cc1noc(C)c1CC(=O)N(C)Cc1ccccc1C(F)(F)F. The third kappa shape index (κ3) is 3.91. The van der Waals surface area contributed by atoms with E-state index in [1.165, 1.54) is 30.1 Å². The Bertz CT molecular complexity index is 688. The van der Waals surface area contributed by atoms with Gasteiger partial charge in [-0.1, -0.05) is 23.4 Å². The maximum Gasteiger partial charge on any atom is 0.416 e. The Morgan fingerprint density at radius 2 is 1.91 bits per heavy atom. The topological polar surface area (TPSA) is 46.3 Å². The van der Waals surface area contributed by atoms with E-state index >= 15 is 0 Å². The first-order valence-electron chi connectivity index (χ1n) is 7.01. The van der Waals surface area contributed by atoms with Crippen molar-refractivity contribution < 1.29 is 22.5 Å². The number of carbonyl (C=O) groups is 1. The lowest BCUT2D eigenvalue weighted by Crippen LogP contribution is -2.29. The molecular weight excluding hydrogens is 309 g/mol. The first kappa shape index (κ1) is 17.1. The number of rotatable bonds is 4. The zero-order valence-corrected chi connectivity index (χ0v) is 13.1. The molecule has 7 heteroatoms. The number of amides is 1. The van der Waals surface area contributed by atoms with Gasteiger partial charge in [-0.2, -0.15) is 13.2 Å². The molecule has 0 unspecified atom stereocenters. The van der Waals surface area contributed by atoms with Crippen molar-refractivity contribution in [3.05, 3.63) is 52.4 Å². The van der Waals surface area contributed by atoms with Gasteiger partial charge in [-0.05, 0) is 25.5 Å². The standard InChI is InChI=1S/C16H17F3N2O2/c1-10-13(11(2)23-20-10)8-15(22)21(3)9-12-6-4-5-7-14(12)16(17,18)19/h4-7H,8-9H2,1-3H3. The summed E-state index contributed by atoms with van der Waals surface area (Å²) in [6.45, 7) is 3.30. The summed E-state index contributed by atoms with van der Waals surface area (Å²) in [7, 11) is 1.48. The van der Waals surface area contributed by atoms with Crippen molar-refractivity contribution in [2.75, 3.05) is 7.05 Å². The van der Waals surface area contributed by atoms with Gasteiger partial charge in [0.15, 0.2) is 0 Å². The van der Waals surface area contributed by atoms with E-state index in [9.17, 15) is 18.0 Å². The summed E-state index contributed by atoms with van der Waals surface area (Å²) in [4.78, 5) is 13.5. The first-order chi connectivity index (χ1) is 10.7. The van der Waals surface area contributed by atoms with Crippen molar-refractivity contribution in [1.82, 2.24) is 10.1 Å². The van der Waals surface area contributed by atoms with Crippen molar-refractivity contribution in [3.63, 3.8) is 0 Å². The minimum absolute atomic E-state index is 0.0475. The summed E-state index contributed by atoms with van der Waals surface area (Å²) < 4.78 is 43.9. The van der Waals surface area contributed by atoms with Crippen molar-refractivity contribution in [2.45, 2.75) is 33.0 Å². The molecule has 1 aromatic heterocycles. The number of benzene rings is 1. The average Bonchev–Trinajstić information content (AvgIpc) is 2.78. The van der Waals surface area contributed by atoms with Crippen LogP contribution in [0.3, 0.4) is 0 Å². The Labute approximate surface area is 131 Å². The minimum atomic E-state index is -4.44. The predicted octanol–water partition coefficient (Wildman–Crippen LogP) is 3.51. The highest BCUT2D eigenvalue weighted by Crippen LogP contribution is 2.32. The molecule has 124 valence electrons. The molecule has 0 saturated carbocycles. The molecule has 0 aliphatic heterocycles. The number of carbonyl (C=O) groups excluding carboxylic acids is 1. The second-order valence-corrected chi connectivity index (χ2v) is 5.38. The van der Waals surface area contributed by atoms with Crippen molar-refractivity contribution in [3.8, 4) is 0 Å². The Morgan fingerprint density at radius 3 is 2.48 bits per heavy atom. The molecule has 0 fully saturated rings. The number of halogens is 3. The van der Waals surface area contributed by atoms with Gasteiger partial charge in [-0.3, -0.25) is 4.79 Å². The van der Waals surface area contributed by atoms with E-state index in [-0.39, 0.29) is 24.4 Å². The van der Waals surface area contributed by atoms with Gasteiger partial charge < -0.3 is 9.42 Å². The quantitative estimate of drug-likeness (QED) is 0.864. The monoisotopic (exact) mass is 326 g/mol. The van der Waals surface area contributed by atoms with Crippen LogP contribution in [-0.4, -0.2) is 23.0 Å². The van der Waals surface area contributed by atoms with E-state index in [0.717, 1.165) is 6.07 Å². The summed E-state index contributed by atoms with van der Waals surface area (Å²) >= 11 is 0. The Hall–Kier alpha value is -2.31. The molecule has 2 rings (SSSR count). The normalized spacial score (nSPS) is 11.6. The first-order valence-corrected chi connectivity index (χ1v) is 7.01. The molecule has 4 nitrogen and oxygen atoms in total. The van der Waals surface area contributed by atoms with E-state index in [0.29, 0.717) is 17.0 Å². The molecule has 2 aromatic rings. The molecule has 0 aliphatic rings. The number of aromatic nitrogens is 1. The highest BCUT2D eigenvalue weighted by atomic mass is 19.4. The zero-order chi connectivity index (χ0) is 17.2. The summed E-state index contributed by atoms with van der Waals surface area (Å²) in [5.41, 5.74) is 0.623. The third-order valence-corrected chi connectivity index (χ3v) is 3.67. The number of likely N-dealkylation sites (N-methyl/N-ethyl adjacent to an activating group) is 1. The van der Waals surface area contributed by atoms with Crippen LogP contribution >= 0.6 is 0 Å². The van der Waals surface area contributed by atoms with Crippen LogP contribution in [-0.2, 0) is 23.9 Å². The van der Waals surface area contributed by atoms with Crippen LogP contribution in [0.2, 0.25) is 0 Å².